The van der Waals surface area contributed by atoms with Gasteiger partial charge in [0.2, 0.25) is 0 Å². The minimum absolute atomic E-state index is 2.13. The van der Waals surface area contributed by atoms with Gasteiger partial charge in [-0.15, -0.1) is 18.7 Å². The number of carbonyl (C=O) groups excluding carboxylic acids is 4. The third-order valence-corrected chi connectivity index (χ3v) is 12.3. The van der Waals surface area contributed by atoms with Gasteiger partial charge in [0.15, 0.2) is 0 Å². The van der Waals surface area contributed by atoms with Gasteiger partial charge in [0.1, 0.15) is 0 Å². The van der Waals surface area contributed by atoms with Crippen molar-refractivity contribution >= 4 is 43.9 Å². The fourth-order valence-electron chi connectivity index (χ4n) is 5.79. The molecule has 420 valence electrons. The zero-order chi connectivity index (χ0) is 58.2. The normalized spacial score (nSPS) is 23.0. The molecule has 3 fully saturated rings. The Morgan fingerprint density at radius 2 is 0.403 bits per heavy atom. The summed E-state index contributed by atoms with van der Waals surface area (Å²) in [5, 5.41) is -21.6. The van der Waals surface area contributed by atoms with Crippen molar-refractivity contribution in [2.75, 3.05) is 0 Å². The molecular weight excluding hydrogens is 1190 g/mol. The molecular formula is C24H4F34N2O10S2. The lowest BCUT2D eigenvalue weighted by atomic mass is 9.59. The number of halogens is 34. The fraction of sp³-hybridized carbons (Fsp3) is 0.833. The highest BCUT2D eigenvalue weighted by Crippen LogP contribution is 2.67. The van der Waals surface area contributed by atoms with E-state index < -0.39 is 172 Å². The van der Waals surface area contributed by atoms with E-state index in [9.17, 15) is 185 Å². The van der Waals surface area contributed by atoms with E-state index in [1.807, 2.05) is 0 Å². The maximum absolute atomic E-state index is 14.5. The second-order valence-electron chi connectivity index (χ2n) is 14.0. The van der Waals surface area contributed by atoms with Crippen LogP contribution < -0.4 is 0 Å². The van der Waals surface area contributed by atoms with Crippen LogP contribution in [-0.2, 0) is 48.0 Å². The minimum atomic E-state index is -9.46. The van der Waals surface area contributed by atoms with Gasteiger partial charge in [-0.05, 0) is 0 Å². The quantitative estimate of drug-likeness (QED) is 0.0985. The third-order valence-electron chi connectivity index (χ3n) is 9.85. The monoisotopic (exact) mass is 1190 g/mol. The van der Waals surface area contributed by atoms with Gasteiger partial charge in [-0.1, -0.05) is 0 Å². The second-order valence-corrected chi connectivity index (χ2v) is 17.2. The minimum Gasteiger partial charge on any atom is -0.272 e. The molecule has 0 N–H and O–H groups in total. The Hall–Kier alpha value is -4.28. The van der Waals surface area contributed by atoms with Crippen LogP contribution >= 0.6 is 0 Å². The molecule has 0 atom stereocenters. The molecule has 0 bridgehead atoms. The fourth-order valence-corrected chi connectivity index (χ4v) is 7.54. The summed E-state index contributed by atoms with van der Waals surface area (Å²) >= 11 is 0. The molecule has 0 unspecified atom stereocenters. The van der Waals surface area contributed by atoms with E-state index in [4.69, 9.17) is 0 Å². The average Bonchev–Trinajstić information content (AvgIpc) is 3.46. The topological polar surface area (TPSA) is 161 Å². The molecule has 0 aromatic carbocycles. The molecule has 0 aromatic rings. The smallest absolute Gasteiger partial charge is 0.272 e. The van der Waals surface area contributed by atoms with Gasteiger partial charge in [0, 0.05) is 0 Å². The number of imide groups is 2. The first kappa shape index (κ1) is 62.0. The first-order valence-electron chi connectivity index (χ1n) is 15.9. The summed E-state index contributed by atoms with van der Waals surface area (Å²) < 4.78 is 515. The molecule has 0 radical (unpaired) electrons. The van der Waals surface area contributed by atoms with Crippen molar-refractivity contribution in [3.8, 4) is 0 Å². The highest BCUT2D eigenvalue weighted by atomic mass is 32.2. The van der Waals surface area contributed by atoms with Gasteiger partial charge in [-0.2, -0.15) is 166 Å². The van der Waals surface area contributed by atoms with Crippen molar-refractivity contribution in [2.45, 2.75) is 93.9 Å². The highest BCUT2D eigenvalue weighted by molar-refractivity contribution is 7.88. The number of rotatable bonds is 18. The Bertz CT molecular complexity index is 2280. The van der Waals surface area contributed by atoms with Crippen LogP contribution in [0.4, 0.5) is 149 Å². The van der Waals surface area contributed by atoms with E-state index in [1.165, 1.54) is 0 Å². The molecule has 0 spiro atoms. The molecule has 72 heavy (non-hydrogen) atoms. The van der Waals surface area contributed by atoms with Crippen LogP contribution in [0.15, 0.2) is 0 Å². The molecule has 1 aliphatic carbocycles. The van der Waals surface area contributed by atoms with Crippen LogP contribution in [0.2, 0.25) is 0 Å². The Labute approximate surface area is 366 Å². The Morgan fingerprint density at radius 3 is 0.556 bits per heavy atom. The van der Waals surface area contributed by atoms with Crippen LogP contribution in [0, 0.1) is 23.7 Å². The molecule has 3 rings (SSSR count). The predicted molar refractivity (Wildman–Crippen MR) is 139 cm³/mol. The number of carbonyl (C=O) groups is 4. The van der Waals surface area contributed by atoms with Crippen LogP contribution in [0.5, 0.6) is 0 Å². The lowest BCUT2D eigenvalue weighted by Gasteiger charge is -2.42. The largest absolute Gasteiger partial charge is 0.460 e. The zero-order valence-corrected chi connectivity index (χ0v) is 32.6. The van der Waals surface area contributed by atoms with Gasteiger partial charge >= 0.3 is 114 Å². The summed E-state index contributed by atoms with van der Waals surface area (Å²) in [4.78, 5) is 50.3. The van der Waals surface area contributed by atoms with Gasteiger partial charge in [0.05, 0.1) is 23.7 Å². The second kappa shape index (κ2) is 15.6. The Morgan fingerprint density at radius 1 is 0.264 bits per heavy atom. The van der Waals surface area contributed by atoms with Gasteiger partial charge in [-0.25, -0.2) is 0 Å². The Kier molecular flexibility index (Phi) is 13.5. The van der Waals surface area contributed by atoms with Crippen molar-refractivity contribution in [3.05, 3.63) is 0 Å². The maximum Gasteiger partial charge on any atom is 0.460 e. The molecule has 2 saturated heterocycles. The summed E-state index contributed by atoms with van der Waals surface area (Å²) in [6.07, 6.45) is -16.5. The lowest BCUT2D eigenvalue weighted by Crippen LogP contribution is -2.75. The lowest BCUT2D eigenvalue weighted by molar-refractivity contribution is -0.458. The van der Waals surface area contributed by atoms with Crippen molar-refractivity contribution in [1.29, 1.82) is 0 Å². The van der Waals surface area contributed by atoms with Crippen LogP contribution in [0.25, 0.3) is 0 Å². The molecule has 2 heterocycles. The summed E-state index contributed by atoms with van der Waals surface area (Å²) in [6, 6.07) is 0. The first-order chi connectivity index (χ1) is 30.8. The molecule has 48 heteroatoms. The molecule has 2 aliphatic heterocycles. The van der Waals surface area contributed by atoms with E-state index >= 15 is 0 Å². The number of hydrogen-bond donors (Lipinski definition) is 0. The van der Waals surface area contributed by atoms with Crippen LogP contribution in [-0.4, -0.2) is 145 Å². The van der Waals surface area contributed by atoms with E-state index in [-0.39, 0.29) is 0 Å². The van der Waals surface area contributed by atoms with Crippen molar-refractivity contribution < 1.29 is 194 Å². The zero-order valence-electron chi connectivity index (χ0n) is 31.0. The van der Waals surface area contributed by atoms with Crippen molar-refractivity contribution in [2.24, 2.45) is 23.7 Å². The first-order valence-corrected chi connectivity index (χ1v) is 18.7. The van der Waals surface area contributed by atoms with Crippen LogP contribution in [0.3, 0.4) is 0 Å². The van der Waals surface area contributed by atoms with E-state index in [0.717, 1.165) is 0 Å². The number of nitrogens with zero attached hydrogens (tertiary/aromatic N) is 2. The number of alkyl halides is 34. The third kappa shape index (κ3) is 7.04. The number of hydroxylamine groups is 4. The van der Waals surface area contributed by atoms with Gasteiger partial charge in [-0.3, -0.25) is 19.2 Å². The number of amides is 4. The standard InChI is InChI=1S/C24H4F34N2O10S2/c25-9(26,13(33,34)17(41,42)21(49,50)51)11(29,30)15(37,38)19(45,46)23(55,56)71(65,66)69-59-5(61)1-2(6(59)62)4-3(1)7(63)60(8(4)64)70-72(67,68)24(57,58)20(47,48)16(39,40)12(31,32)10(27,28)14(35,36)18(43,44)22(52,53)54/h1-4H. The number of fused-ring (bicyclic) bond motifs is 4. The Balaban J connectivity index is 1.99. The maximum atomic E-state index is 14.5. The highest BCUT2D eigenvalue weighted by Gasteiger charge is 2.98. The summed E-state index contributed by atoms with van der Waals surface area (Å²) in [7, 11) is -17.9. The summed E-state index contributed by atoms with van der Waals surface area (Å²) in [5.74, 6) is -136. The molecule has 1 saturated carbocycles. The average molecular weight is 1190 g/mol. The molecule has 4 amide bonds. The van der Waals surface area contributed by atoms with Gasteiger partial charge < -0.3 is 0 Å². The molecule has 0 aromatic heterocycles. The molecule has 3 aliphatic rings. The van der Waals surface area contributed by atoms with Gasteiger partial charge in [0.25, 0.3) is 23.6 Å². The number of hydrogen-bond acceptors (Lipinski definition) is 10. The van der Waals surface area contributed by atoms with E-state index in [1.54, 1.807) is 0 Å². The predicted octanol–water partition coefficient (Wildman–Crippen LogP) is 7.66. The van der Waals surface area contributed by atoms with E-state index in [2.05, 4.69) is 8.57 Å². The van der Waals surface area contributed by atoms with Crippen LogP contribution in [0.1, 0.15) is 0 Å². The van der Waals surface area contributed by atoms with Crippen molar-refractivity contribution in [3.63, 3.8) is 0 Å². The summed E-state index contributed by atoms with van der Waals surface area (Å²) in [6.45, 7) is 0. The van der Waals surface area contributed by atoms with Crippen molar-refractivity contribution in [1.82, 2.24) is 10.1 Å². The summed E-state index contributed by atoms with van der Waals surface area (Å²) in [5.41, 5.74) is 0. The van der Waals surface area contributed by atoms with E-state index in [0.29, 0.717) is 0 Å². The SMILES string of the molecule is O=C1C2C(C(=O)N1OS(=O)(=O)C(F)(F)C(F)(F)C(F)(F)C(F)(F)C(F)(F)C(F)(F)C(F)(F)C(F)(F)F)C1C(=O)N(OS(=O)(=O)C(F)(F)C(F)(F)C(F)(F)C(F)(F)C(F)(F)C(F)(F)C(F)(F)C(F)(F)F)C(=O)C21. The molecule has 12 nitrogen and oxygen atoms in total.